The van der Waals surface area contributed by atoms with Crippen molar-refractivity contribution in [2.24, 2.45) is 0 Å². The fourth-order valence-corrected chi connectivity index (χ4v) is 3.89. The van der Waals surface area contributed by atoms with Crippen molar-refractivity contribution in [2.45, 2.75) is 26.0 Å². The van der Waals surface area contributed by atoms with E-state index in [0.29, 0.717) is 29.9 Å². The van der Waals surface area contributed by atoms with Gasteiger partial charge in [-0.05, 0) is 47.7 Å². The minimum atomic E-state index is -4.66. The van der Waals surface area contributed by atoms with Crippen LogP contribution in [0.1, 0.15) is 22.4 Å². The summed E-state index contributed by atoms with van der Waals surface area (Å²) in [4.78, 5) is 17.8. The van der Waals surface area contributed by atoms with Gasteiger partial charge in [-0.2, -0.15) is 0 Å². The highest BCUT2D eigenvalue weighted by atomic mass is 31.2. The number of hydrogen-bond acceptors (Lipinski definition) is 5. The number of hydrogen-bond donors (Lipinski definition) is 3. The Kier molecular flexibility index (Phi) is 7.56. The SMILES string of the molecule is Nc1c(-c2cc(Cc3ccc(CCc4ccc(F)c(F)c4F)cc3)no2)ccc[n+]1COP(=O)(O)O. The van der Waals surface area contributed by atoms with Crippen LogP contribution < -0.4 is 10.3 Å². The molecule has 8 nitrogen and oxygen atoms in total. The molecule has 0 saturated heterocycles. The number of nitrogens with two attached hydrogens (primary N) is 1. The number of benzene rings is 2. The van der Waals surface area contributed by atoms with Gasteiger partial charge in [-0.25, -0.2) is 26.8 Å². The average Bonchev–Trinajstić information content (AvgIpc) is 3.30. The van der Waals surface area contributed by atoms with Crippen LogP contribution >= 0.6 is 7.82 Å². The zero-order chi connectivity index (χ0) is 25.9. The normalized spacial score (nSPS) is 11.7. The van der Waals surface area contributed by atoms with Crippen molar-refractivity contribution in [2.75, 3.05) is 5.73 Å². The predicted octanol–water partition coefficient (Wildman–Crippen LogP) is 4.07. The largest absolute Gasteiger partial charge is 0.472 e. The predicted molar refractivity (Wildman–Crippen MR) is 123 cm³/mol. The van der Waals surface area contributed by atoms with Gasteiger partial charge in [-0.1, -0.05) is 35.5 Å². The molecule has 0 bridgehead atoms. The third-order valence-electron chi connectivity index (χ3n) is 5.51. The van der Waals surface area contributed by atoms with Crippen molar-refractivity contribution in [1.29, 1.82) is 0 Å². The Bertz CT molecular complexity index is 1420. The summed E-state index contributed by atoms with van der Waals surface area (Å²) in [5, 5.41) is 4.06. The molecule has 0 saturated carbocycles. The summed E-state index contributed by atoms with van der Waals surface area (Å²) in [5.74, 6) is -3.28. The number of aromatic nitrogens is 2. The Morgan fingerprint density at radius 3 is 2.44 bits per heavy atom. The molecule has 0 spiro atoms. The standard InChI is InChI=1S/C24H21F3N3O5P/c25-20-10-9-17(22(26)23(20)27)8-7-15-3-5-16(6-4-15)12-18-13-21(35-29-18)19-2-1-11-30(24(19)28)14-34-36(31,32)33/h1-6,9-11,13,28H,7-8,12,14H2,(H2,31,32,33)/p+1. The lowest BCUT2D eigenvalue weighted by Crippen LogP contribution is -2.38. The lowest BCUT2D eigenvalue weighted by atomic mass is 10.0. The van der Waals surface area contributed by atoms with Gasteiger partial charge in [0.1, 0.15) is 5.56 Å². The van der Waals surface area contributed by atoms with E-state index in [1.54, 1.807) is 18.2 Å². The number of nitrogens with zero attached hydrogens (tertiary/aromatic N) is 2. The maximum Gasteiger partial charge on any atom is 0.472 e. The molecule has 0 unspecified atom stereocenters. The molecular weight excluding hydrogens is 498 g/mol. The Balaban J connectivity index is 1.40. The second kappa shape index (κ2) is 10.6. The van der Waals surface area contributed by atoms with Crippen LogP contribution in [0.4, 0.5) is 19.0 Å². The van der Waals surface area contributed by atoms with E-state index < -0.39 is 32.0 Å². The van der Waals surface area contributed by atoms with Crippen molar-refractivity contribution >= 4 is 13.6 Å². The maximum atomic E-state index is 13.9. The molecule has 4 N–H and O–H groups in total. The molecule has 12 heteroatoms. The number of phosphoric acid groups is 1. The summed E-state index contributed by atoms with van der Waals surface area (Å²) in [6.45, 7) is -0.444. The number of pyridine rings is 1. The van der Waals surface area contributed by atoms with Crippen LogP contribution in [0.2, 0.25) is 0 Å². The van der Waals surface area contributed by atoms with Crippen molar-refractivity contribution in [1.82, 2.24) is 5.16 Å². The van der Waals surface area contributed by atoms with Gasteiger partial charge < -0.3 is 14.3 Å². The van der Waals surface area contributed by atoms with Crippen molar-refractivity contribution in [3.63, 3.8) is 0 Å². The first-order chi connectivity index (χ1) is 17.1. The third kappa shape index (κ3) is 6.19. The van der Waals surface area contributed by atoms with Crippen LogP contribution in [0.5, 0.6) is 0 Å². The molecular formula is C24H22F3N3O5P+. The summed E-state index contributed by atoms with van der Waals surface area (Å²) in [6, 6.07) is 14.7. The highest BCUT2D eigenvalue weighted by Crippen LogP contribution is 2.35. The lowest BCUT2D eigenvalue weighted by Gasteiger charge is -2.07. The molecule has 2 aromatic carbocycles. The minimum absolute atomic E-state index is 0.114. The molecule has 2 aromatic heterocycles. The molecule has 4 aromatic rings. The van der Waals surface area contributed by atoms with Crippen molar-refractivity contribution < 1.29 is 41.1 Å². The molecule has 188 valence electrons. The zero-order valence-corrected chi connectivity index (χ0v) is 19.7. The second-order valence-electron chi connectivity index (χ2n) is 8.04. The smallest absolute Gasteiger partial charge is 0.356 e. The van der Waals surface area contributed by atoms with E-state index in [0.717, 1.165) is 17.2 Å². The van der Waals surface area contributed by atoms with E-state index in [9.17, 15) is 17.7 Å². The van der Waals surface area contributed by atoms with Gasteiger partial charge in [0, 0.05) is 12.5 Å². The monoisotopic (exact) mass is 520 g/mol. The fourth-order valence-electron chi connectivity index (χ4n) is 3.61. The number of anilines is 1. The van der Waals surface area contributed by atoms with Crippen LogP contribution in [0.15, 0.2) is 65.3 Å². The summed E-state index contributed by atoms with van der Waals surface area (Å²) in [7, 11) is -4.66. The number of nitrogen functional groups attached to an aromatic ring is 1. The Labute approximate surface area is 204 Å². The first-order valence-electron chi connectivity index (χ1n) is 10.7. The van der Waals surface area contributed by atoms with E-state index in [4.69, 9.17) is 20.0 Å². The summed E-state index contributed by atoms with van der Waals surface area (Å²) in [6.07, 6.45) is 2.64. The fraction of sp³-hybridized carbons (Fsp3) is 0.167. The molecule has 0 aliphatic rings. The molecule has 0 fully saturated rings. The van der Waals surface area contributed by atoms with E-state index in [1.165, 1.54) is 16.8 Å². The highest BCUT2D eigenvalue weighted by molar-refractivity contribution is 7.46. The van der Waals surface area contributed by atoms with Gasteiger partial charge in [0.05, 0.1) is 11.9 Å². The van der Waals surface area contributed by atoms with Crippen LogP contribution in [-0.2, 0) is 35.1 Å². The molecule has 4 rings (SSSR count). The summed E-state index contributed by atoms with van der Waals surface area (Å²) in [5.41, 5.74) is 9.16. The minimum Gasteiger partial charge on any atom is -0.356 e. The Morgan fingerprint density at radius 1 is 1.00 bits per heavy atom. The van der Waals surface area contributed by atoms with Gasteiger partial charge >= 0.3 is 7.82 Å². The van der Waals surface area contributed by atoms with Gasteiger partial charge in [0.25, 0.3) is 5.82 Å². The quantitative estimate of drug-likeness (QED) is 0.173. The zero-order valence-electron chi connectivity index (χ0n) is 18.8. The van der Waals surface area contributed by atoms with Crippen LogP contribution in [0.25, 0.3) is 11.3 Å². The van der Waals surface area contributed by atoms with Gasteiger partial charge in [0.15, 0.2) is 23.2 Å². The van der Waals surface area contributed by atoms with Gasteiger partial charge in [-0.3, -0.25) is 5.73 Å². The summed E-state index contributed by atoms with van der Waals surface area (Å²) < 4.78 is 62.5. The van der Waals surface area contributed by atoms with Crippen molar-refractivity contribution in [3.8, 4) is 11.3 Å². The first-order valence-corrected chi connectivity index (χ1v) is 12.3. The number of halogens is 3. The van der Waals surface area contributed by atoms with Crippen molar-refractivity contribution in [3.05, 3.63) is 101 Å². The topological polar surface area (TPSA) is 123 Å². The van der Waals surface area contributed by atoms with Gasteiger partial charge in [0.2, 0.25) is 6.73 Å². The van der Waals surface area contributed by atoms with Crippen LogP contribution in [-0.4, -0.2) is 14.9 Å². The van der Waals surface area contributed by atoms with E-state index >= 15 is 0 Å². The summed E-state index contributed by atoms with van der Waals surface area (Å²) >= 11 is 0. The molecule has 0 radical (unpaired) electrons. The number of rotatable bonds is 9. The Hall–Kier alpha value is -3.50. The number of aryl methyl sites for hydroxylation is 2. The Morgan fingerprint density at radius 2 is 1.72 bits per heavy atom. The van der Waals surface area contributed by atoms with E-state index in [2.05, 4.69) is 9.68 Å². The maximum absolute atomic E-state index is 13.9. The van der Waals surface area contributed by atoms with Crippen LogP contribution in [0.3, 0.4) is 0 Å². The van der Waals surface area contributed by atoms with Gasteiger partial charge in [-0.15, -0.1) is 0 Å². The molecule has 2 heterocycles. The third-order valence-corrected chi connectivity index (χ3v) is 5.96. The molecule has 36 heavy (non-hydrogen) atoms. The molecule has 0 aliphatic carbocycles. The average molecular weight is 520 g/mol. The first kappa shape index (κ1) is 25.6. The highest BCUT2D eigenvalue weighted by Gasteiger charge is 2.21. The van der Waals surface area contributed by atoms with Crippen LogP contribution in [0, 0.1) is 17.5 Å². The molecule has 0 aliphatic heterocycles. The molecule has 0 amide bonds. The molecule has 0 atom stereocenters. The second-order valence-corrected chi connectivity index (χ2v) is 9.28. The van der Waals surface area contributed by atoms with E-state index in [1.807, 2.05) is 24.3 Å². The number of phosphoric ester groups is 1. The lowest BCUT2D eigenvalue weighted by molar-refractivity contribution is -0.711. The van der Waals surface area contributed by atoms with E-state index in [-0.39, 0.29) is 17.8 Å².